The van der Waals surface area contributed by atoms with Crippen LogP contribution in [0.25, 0.3) is 0 Å². The molecule has 0 amide bonds. The first-order valence-corrected chi connectivity index (χ1v) is 4.92. The molecule has 1 aromatic rings. The van der Waals surface area contributed by atoms with Crippen molar-refractivity contribution in [1.29, 1.82) is 5.26 Å². The largest absolute Gasteiger partial charge is 0.390 e. The summed E-state index contributed by atoms with van der Waals surface area (Å²) in [6.45, 7) is -0.494. The number of alkyl halides is 3. The highest BCUT2D eigenvalue weighted by molar-refractivity contribution is 5.51. The van der Waals surface area contributed by atoms with Crippen molar-refractivity contribution < 1.29 is 22.0 Å². The second-order valence-corrected chi connectivity index (χ2v) is 3.66. The van der Waals surface area contributed by atoms with E-state index in [1.54, 1.807) is 0 Å². The summed E-state index contributed by atoms with van der Waals surface area (Å²) in [7, 11) is 1.22. The lowest BCUT2D eigenvalue weighted by Crippen LogP contribution is -2.25. The predicted octanol–water partition coefficient (Wildman–Crippen LogP) is 3.23. The first-order valence-electron chi connectivity index (χ1n) is 4.92. The van der Waals surface area contributed by atoms with Crippen LogP contribution in [0.2, 0.25) is 0 Å². The summed E-state index contributed by atoms with van der Waals surface area (Å²) in [6.07, 6.45) is -5.50. The lowest BCUT2D eigenvalue weighted by molar-refractivity contribution is -0.132. The van der Waals surface area contributed by atoms with E-state index in [-0.39, 0.29) is 5.69 Å². The van der Waals surface area contributed by atoms with Crippen molar-refractivity contribution in [2.24, 2.45) is 0 Å². The Labute approximate surface area is 100 Å². The van der Waals surface area contributed by atoms with Crippen molar-refractivity contribution in [3.05, 3.63) is 29.3 Å². The summed E-state index contributed by atoms with van der Waals surface area (Å²) in [4.78, 5) is 0.951. The second kappa shape index (κ2) is 5.21. The molecule has 0 unspecified atom stereocenters. The Hall–Kier alpha value is -1.84. The van der Waals surface area contributed by atoms with Crippen LogP contribution in [0.5, 0.6) is 0 Å². The molecule has 2 nitrogen and oxygen atoms in total. The van der Waals surface area contributed by atoms with Crippen LogP contribution in [0.4, 0.5) is 27.6 Å². The summed E-state index contributed by atoms with van der Waals surface area (Å²) >= 11 is 0. The summed E-state index contributed by atoms with van der Waals surface area (Å²) in [5.74, 6) is -2.67. The molecule has 0 saturated heterocycles. The molecule has 0 fully saturated rings. The fraction of sp³-hybridized carbons (Fsp3) is 0.364. The SMILES string of the molecule is CN(CCC(F)(F)F)c1ccc(C#N)c(F)c1F. The van der Waals surface area contributed by atoms with Gasteiger partial charge in [-0.2, -0.15) is 18.4 Å². The van der Waals surface area contributed by atoms with E-state index in [0.717, 1.165) is 17.0 Å². The Morgan fingerprint density at radius 1 is 1.22 bits per heavy atom. The van der Waals surface area contributed by atoms with Crippen LogP contribution in [-0.2, 0) is 0 Å². The van der Waals surface area contributed by atoms with Gasteiger partial charge in [0.05, 0.1) is 17.7 Å². The first-order chi connectivity index (χ1) is 8.26. The third-order valence-electron chi connectivity index (χ3n) is 2.32. The molecule has 0 radical (unpaired) electrons. The lowest BCUT2D eigenvalue weighted by Gasteiger charge is -2.21. The Morgan fingerprint density at radius 2 is 1.83 bits per heavy atom. The van der Waals surface area contributed by atoms with Crippen LogP contribution >= 0.6 is 0 Å². The monoisotopic (exact) mass is 264 g/mol. The van der Waals surface area contributed by atoms with E-state index in [9.17, 15) is 22.0 Å². The van der Waals surface area contributed by atoms with Crippen LogP contribution in [0.3, 0.4) is 0 Å². The molecule has 0 atom stereocenters. The van der Waals surface area contributed by atoms with Crippen LogP contribution in [0.1, 0.15) is 12.0 Å². The van der Waals surface area contributed by atoms with E-state index in [0.29, 0.717) is 0 Å². The molecule has 7 heteroatoms. The van der Waals surface area contributed by atoms with Gasteiger partial charge in [0.2, 0.25) is 0 Å². The van der Waals surface area contributed by atoms with Crippen LogP contribution in [0, 0.1) is 23.0 Å². The third kappa shape index (κ3) is 3.32. The highest BCUT2D eigenvalue weighted by Crippen LogP contribution is 2.25. The van der Waals surface area contributed by atoms with E-state index in [1.165, 1.54) is 13.1 Å². The van der Waals surface area contributed by atoms with Gasteiger partial charge in [-0.25, -0.2) is 8.78 Å². The Kier molecular flexibility index (Phi) is 4.11. The number of nitriles is 1. The van der Waals surface area contributed by atoms with Crippen molar-refractivity contribution in [1.82, 2.24) is 0 Å². The van der Waals surface area contributed by atoms with Crippen molar-refractivity contribution in [3.63, 3.8) is 0 Å². The number of anilines is 1. The van der Waals surface area contributed by atoms with Crippen molar-refractivity contribution in [2.75, 3.05) is 18.5 Å². The smallest absolute Gasteiger partial charge is 0.372 e. The van der Waals surface area contributed by atoms with Gasteiger partial charge in [-0.1, -0.05) is 0 Å². The number of benzene rings is 1. The molecule has 0 aliphatic carbocycles. The maximum absolute atomic E-state index is 13.5. The van der Waals surface area contributed by atoms with Gasteiger partial charge in [0.15, 0.2) is 11.6 Å². The molecular weight excluding hydrogens is 255 g/mol. The molecule has 0 aliphatic heterocycles. The first kappa shape index (κ1) is 14.2. The van der Waals surface area contributed by atoms with Crippen LogP contribution in [-0.4, -0.2) is 19.8 Å². The highest BCUT2D eigenvalue weighted by Gasteiger charge is 2.28. The van der Waals surface area contributed by atoms with E-state index in [1.807, 2.05) is 0 Å². The van der Waals surface area contributed by atoms with Gasteiger partial charge in [-0.05, 0) is 12.1 Å². The molecule has 0 aromatic heterocycles. The average molecular weight is 264 g/mol. The number of hydrogen-bond donors (Lipinski definition) is 0. The molecule has 0 saturated carbocycles. The zero-order valence-electron chi connectivity index (χ0n) is 9.35. The molecule has 0 bridgehead atoms. The fourth-order valence-electron chi connectivity index (χ4n) is 1.34. The number of hydrogen-bond acceptors (Lipinski definition) is 2. The van der Waals surface area contributed by atoms with Gasteiger partial charge in [0.1, 0.15) is 6.07 Å². The van der Waals surface area contributed by atoms with Gasteiger partial charge in [-0.15, -0.1) is 0 Å². The summed E-state index contributed by atoms with van der Waals surface area (Å²) < 4.78 is 62.7. The Balaban J connectivity index is 2.91. The Bertz CT molecular complexity index is 476. The second-order valence-electron chi connectivity index (χ2n) is 3.66. The molecule has 98 valence electrons. The van der Waals surface area contributed by atoms with Crippen LogP contribution < -0.4 is 4.90 Å². The minimum absolute atomic E-state index is 0.309. The quantitative estimate of drug-likeness (QED) is 0.784. The Morgan fingerprint density at radius 3 is 2.33 bits per heavy atom. The van der Waals surface area contributed by atoms with Gasteiger partial charge in [0, 0.05) is 13.6 Å². The van der Waals surface area contributed by atoms with E-state index >= 15 is 0 Å². The molecule has 1 aromatic carbocycles. The van der Waals surface area contributed by atoms with Gasteiger partial charge < -0.3 is 4.90 Å². The maximum atomic E-state index is 13.5. The zero-order valence-corrected chi connectivity index (χ0v) is 9.35. The number of rotatable bonds is 3. The lowest BCUT2D eigenvalue weighted by atomic mass is 10.2. The van der Waals surface area contributed by atoms with Crippen molar-refractivity contribution in [2.45, 2.75) is 12.6 Å². The average Bonchev–Trinajstić information content (AvgIpc) is 2.28. The highest BCUT2D eigenvalue weighted by atomic mass is 19.4. The van der Waals surface area contributed by atoms with E-state index < -0.39 is 36.3 Å². The third-order valence-corrected chi connectivity index (χ3v) is 2.32. The van der Waals surface area contributed by atoms with E-state index in [2.05, 4.69) is 0 Å². The number of halogens is 5. The maximum Gasteiger partial charge on any atom is 0.390 e. The van der Waals surface area contributed by atoms with Crippen LogP contribution in [0.15, 0.2) is 12.1 Å². The topological polar surface area (TPSA) is 27.0 Å². The van der Waals surface area contributed by atoms with E-state index in [4.69, 9.17) is 5.26 Å². The van der Waals surface area contributed by atoms with Gasteiger partial charge in [-0.3, -0.25) is 0 Å². The molecule has 0 spiro atoms. The molecule has 0 heterocycles. The molecule has 0 N–H and O–H groups in total. The molecule has 18 heavy (non-hydrogen) atoms. The summed E-state index contributed by atoms with van der Waals surface area (Å²) in [5.41, 5.74) is -0.795. The minimum atomic E-state index is -4.37. The van der Waals surface area contributed by atoms with Gasteiger partial charge >= 0.3 is 6.18 Å². The molecule has 1 rings (SSSR count). The molecular formula is C11H9F5N2. The van der Waals surface area contributed by atoms with Crippen molar-refractivity contribution >= 4 is 5.69 Å². The van der Waals surface area contributed by atoms with Gasteiger partial charge in [0.25, 0.3) is 0 Å². The summed E-state index contributed by atoms with van der Waals surface area (Å²) in [5, 5.41) is 8.46. The zero-order chi connectivity index (χ0) is 13.9. The normalized spacial score (nSPS) is 11.2. The minimum Gasteiger partial charge on any atom is -0.372 e. The number of nitrogens with zero attached hydrogens (tertiary/aromatic N) is 2. The summed E-state index contributed by atoms with van der Waals surface area (Å²) in [6, 6.07) is 3.55. The van der Waals surface area contributed by atoms with Crippen molar-refractivity contribution in [3.8, 4) is 6.07 Å². The predicted molar refractivity (Wildman–Crippen MR) is 55.0 cm³/mol. The molecule has 0 aliphatic rings. The fourth-order valence-corrected chi connectivity index (χ4v) is 1.34. The standard InChI is InChI=1S/C11H9F5N2/c1-18(5-4-11(14,15)16)8-3-2-7(6-17)9(12)10(8)13/h2-3H,4-5H2,1H3.